The number of rotatable bonds is 4. The van der Waals surface area contributed by atoms with E-state index in [4.69, 9.17) is 9.47 Å². The Morgan fingerprint density at radius 3 is 2.69 bits per heavy atom. The number of anilines is 3. The van der Waals surface area contributed by atoms with Gasteiger partial charge in [0.15, 0.2) is 11.5 Å². The Morgan fingerprint density at radius 2 is 1.81 bits per heavy atom. The second-order valence-electron chi connectivity index (χ2n) is 5.56. The molecule has 0 bridgehead atoms. The minimum atomic E-state index is -0.504. The first-order valence-corrected chi connectivity index (χ1v) is 7.88. The first kappa shape index (κ1) is 15.9. The molecule has 0 fully saturated rings. The molecule has 0 unspecified atom stereocenters. The van der Waals surface area contributed by atoms with Crippen LogP contribution in [0.25, 0.3) is 0 Å². The molecular weight excluding hydrogens is 337 g/mol. The average molecular weight is 351 g/mol. The van der Waals surface area contributed by atoms with Gasteiger partial charge in [-0.1, -0.05) is 12.1 Å². The maximum Gasteiger partial charge on any atom is 0.274 e. The van der Waals surface area contributed by atoms with Gasteiger partial charge in [0.05, 0.1) is 5.69 Å². The number of ether oxygens (including phenoxy) is 2. The largest absolute Gasteiger partial charge is 0.454 e. The highest BCUT2D eigenvalue weighted by Gasteiger charge is 2.14. The molecule has 0 aliphatic carbocycles. The predicted octanol–water partition coefficient (Wildman–Crippen LogP) is 3.95. The van der Waals surface area contributed by atoms with Gasteiger partial charge in [0, 0.05) is 23.6 Å². The monoisotopic (exact) mass is 351 g/mol. The van der Waals surface area contributed by atoms with Crippen molar-refractivity contribution in [3.63, 3.8) is 0 Å². The number of nitrogens with zero attached hydrogens (tertiary/aromatic N) is 1. The van der Waals surface area contributed by atoms with E-state index >= 15 is 0 Å². The lowest BCUT2D eigenvalue weighted by Crippen LogP contribution is -2.14. The minimum Gasteiger partial charge on any atom is -0.454 e. The number of pyridine rings is 1. The van der Waals surface area contributed by atoms with Gasteiger partial charge in [-0.15, -0.1) is 0 Å². The Labute approximate surface area is 148 Å². The summed E-state index contributed by atoms with van der Waals surface area (Å²) in [6.07, 6.45) is 1.51. The second kappa shape index (κ2) is 6.72. The molecule has 1 amide bonds. The summed E-state index contributed by atoms with van der Waals surface area (Å²) in [5, 5.41) is 5.69. The summed E-state index contributed by atoms with van der Waals surface area (Å²) in [4.78, 5) is 16.4. The molecule has 1 aliphatic heterocycles. The second-order valence-corrected chi connectivity index (χ2v) is 5.56. The number of aromatic nitrogens is 1. The van der Waals surface area contributed by atoms with Crippen molar-refractivity contribution in [3.8, 4) is 11.5 Å². The topological polar surface area (TPSA) is 72.5 Å². The van der Waals surface area contributed by atoms with Gasteiger partial charge in [-0.05, 0) is 36.4 Å². The quantitative estimate of drug-likeness (QED) is 0.745. The van der Waals surface area contributed by atoms with E-state index in [9.17, 15) is 9.18 Å². The van der Waals surface area contributed by atoms with Gasteiger partial charge in [0.2, 0.25) is 6.79 Å². The lowest BCUT2D eigenvalue weighted by molar-refractivity contribution is 0.102. The van der Waals surface area contributed by atoms with Crippen LogP contribution in [0, 0.1) is 5.82 Å². The zero-order valence-corrected chi connectivity index (χ0v) is 13.5. The van der Waals surface area contributed by atoms with Crippen LogP contribution in [0.15, 0.2) is 60.8 Å². The van der Waals surface area contributed by atoms with E-state index in [1.54, 1.807) is 30.3 Å². The molecule has 1 aromatic heterocycles. The van der Waals surface area contributed by atoms with Crippen LogP contribution in [0.1, 0.15) is 10.5 Å². The summed E-state index contributed by atoms with van der Waals surface area (Å²) in [6.45, 7) is 0.203. The molecule has 2 aromatic carbocycles. The van der Waals surface area contributed by atoms with Crippen LogP contribution in [0.4, 0.5) is 21.5 Å². The Kier molecular flexibility index (Phi) is 4.10. The third-order valence-corrected chi connectivity index (χ3v) is 3.78. The molecule has 0 atom stereocenters. The smallest absolute Gasteiger partial charge is 0.274 e. The van der Waals surface area contributed by atoms with Gasteiger partial charge in [0.25, 0.3) is 5.91 Å². The SMILES string of the molecule is O=C(Nc1ccccc1F)c1cc(Nc2ccc3c(c2)OCO3)ccn1. The Balaban J connectivity index is 1.51. The molecule has 1 aliphatic rings. The Hall–Kier alpha value is -3.61. The average Bonchev–Trinajstić information content (AvgIpc) is 3.11. The number of carbonyl (C=O) groups excluding carboxylic acids is 1. The van der Waals surface area contributed by atoms with Crippen LogP contribution in [0.5, 0.6) is 11.5 Å². The molecule has 0 saturated heterocycles. The van der Waals surface area contributed by atoms with E-state index in [1.165, 1.54) is 18.3 Å². The van der Waals surface area contributed by atoms with E-state index in [0.717, 1.165) is 5.69 Å². The summed E-state index contributed by atoms with van der Waals surface area (Å²) in [6, 6.07) is 14.7. The number of amides is 1. The standard InChI is InChI=1S/C19H14FN3O3/c20-14-3-1-2-4-15(14)23-19(24)16-9-13(7-8-21-16)22-12-5-6-17-18(10-12)26-11-25-17/h1-10H,11H2,(H,21,22)(H,23,24). The summed E-state index contributed by atoms with van der Waals surface area (Å²) < 4.78 is 24.3. The third kappa shape index (κ3) is 3.27. The maximum atomic E-state index is 13.7. The van der Waals surface area contributed by atoms with Crippen molar-refractivity contribution in [1.29, 1.82) is 0 Å². The van der Waals surface area contributed by atoms with Crippen molar-refractivity contribution in [3.05, 3.63) is 72.3 Å². The fraction of sp³-hybridized carbons (Fsp3) is 0.0526. The van der Waals surface area contributed by atoms with Gasteiger partial charge in [-0.3, -0.25) is 9.78 Å². The number of para-hydroxylation sites is 1. The molecule has 0 radical (unpaired) electrons. The highest BCUT2D eigenvalue weighted by molar-refractivity contribution is 6.03. The lowest BCUT2D eigenvalue weighted by Gasteiger charge is -2.09. The molecule has 0 spiro atoms. The van der Waals surface area contributed by atoms with E-state index in [2.05, 4.69) is 15.6 Å². The summed E-state index contributed by atoms with van der Waals surface area (Å²) in [7, 11) is 0. The predicted molar refractivity (Wildman–Crippen MR) is 94.4 cm³/mol. The number of hydrogen-bond donors (Lipinski definition) is 2. The third-order valence-electron chi connectivity index (χ3n) is 3.78. The van der Waals surface area contributed by atoms with Crippen molar-refractivity contribution in [2.45, 2.75) is 0 Å². The fourth-order valence-electron chi connectivity index (χ4n) is 2.52. The molecule has 6 nitrogen and oxygen atoms in total. The number of hydrogen-bond acceptors (Lipinski definition) is 5. The number of benzene rings is 2. The van der Waals surface area contributed by atoms with E-state index in [-0.39, 0.29) is 18.2 Å². The first-order valence-electron chi connectivity index (χ1n) is 7.88. The van der Waals surface area contributed by atoms with Crippen molar-refractivity contribution < 1.29 is 18.7 Å². The molecule has 4 rings (SSSR count). The van der Waals surface area contributed by atoms with Crippen molar-refractivity contribution >= 4 is 23.0 Å². The summed E-state index contributed by atoms with van der Waals surface area (Å²) in [5.41, 5.74) is 1.71. The van der Waals surface area contributed by atoms with Crippen LogP contribution in [0.2, 0.25) is 0 Å². The minimum absolute atomic E-state index is 0.105. The van der Waals surface area contributed by atoms with Crippen LogP contribution >= 0.6 is 0 Å². The molecule has 3 aromatic rings. The number of halogens is 1. The zero-order valence-electron chi connectivity index (χ0n) is 13.5. The number of fused-ring (bicyclic) bond motifs is 1. The first-order chi connectivity index (χ1) is 12.7. The fourth-order valence-corrected chi connectivity index (χ4v) is 2.52. The van der Waals surface area contributed by atoms with Crippen LogP contribution in [-0.4, -0.2) is 17.7 Å². The Bertz CT molecular complexity index is 978. The summed E-state index contributed by atoms with van der Waals surface area (Å²) >= 11 is 0. The van der Waals surface area contributed by atoms with E-state index in [1.807, 2.05) is 12.1 Å². The zero-order chi connectivity index (χ0) is 17.9. The van der Waals surface area contributed by atoms with Crippen LogP contribution < -0.4 is 20.1 Å². The highest BCUT2D eigenvalue weighted by atomic mass is 19.1. The van der Waals surface area contributed by atoms with Gasteiger partial charge >= 0.3 is 0 Å². The molecule has 130 valence electrons. The van der Waals surface area contributed by atoms with Gasteiger partial charge in [-0.2, -0.15) is 0 Å². The van der Waals surface area contributed by atoms with Crippen molar-refractivity contribution in [2.75, 3.05) is 17.4 Å². The number of nitrogens with one attached hydrogen (secondary N) is 2. The Morgan fingerprint density at radius 1 is 1.00 bits per heavy atom. The highest BCUT2D eigenvalue weighted by Crippen LogP contribution is 2.35. The van der Waals surface area contributed by atoms with Crippen molar-refractivity contribution in [1.82, 2.24) is 4.98 Å². The number of carbonyl (C=O) groups is 1. The molecular formula is C19H14FN3O3. The molecule has 2 heterocycles. The van der Waals surface area contributed by atoms with Crippen LogP contribution in [-0.2, 0) is 0 Å². The van der Waals surface area contributed by atoms with E-state index < -0.39 is 11.7 Å². The van der Waals surface area contributed by atoms with Crippen LogP contribution in [0.3, 0.4) is 0 Å². The summed E-state index contributed by atoms with van der Waals surface area (Å²) in [5.74, 6) is 0.344. The van der Waals surface area contributed by atoms with Gasteiger partial charge < -0.3 is 20.1 Å². The molecule has 26 heavy (non-hydrogen) atoms. The van der Waals surface area contributed by atoms with E-state index in [0.29, 0.717) is 17.2 Å². The molecule has 2 N–H and O–H groups in total. The molecule has 0 saturated carbocycles. The molecule has 7 heteroatoms. The maximum absolute atomic E-state index is 13.7. The normalized spacial score (nSPS) is 11.9. The van der Waals surface area contributed by atoms with Gasteiger partial charge in [0.1, 0.15) is 11.5 Å². The lowest BCUT2D eigenvalue weighted by atomic mass is 10.2. The van der Waals surface area contributed by atoms with Crippen molar-refractivity contribution in [2.24, 2.45) is 0 Å². The van der Waals surface area contributed by atoms with Gasteiger partial charge in [-0.25, -0.2) is 4.39 Å².